The van der Waals surface area contributed by atoms with Crippen LogP contribution in [0.4, 0.5) is 5.69 Å². The molecule has 0 fully saturated rings. The summed E-state index contributed by atoms with van der Waals surface area (Å²) in [7, 11) is -3.37. The average molecular weight is 270 g/mol. The molecule has 0 radical (unpaired) electrons. The molecular formula is C8H9Cl2NO3S. The molecule has 0 amide bonds. The molecule has 0 aliphatic heterocycles. The second-order valence-corrected chi connectivity index (χ2v) is 5.62. The minimum absolute atomic E-state index is 0.00342. The Bertz CT molecular complexity index is 450. The zero-order valence-electron chi connectivity index (χ0n) is 7.79. The Morgan fingerprint density at radius 2 is 1.80 bits per heavy atom. The molecule has 0 bridgehead atoms. The number of anilines is 1. The fourth-order valence-corrected chi connectivity index (χ4v) is 1.98. The first kappa shape index (κ1) is 12.4. The Morgan fingerprint density at radius 1 is 1.33 bits per heavy atom. The molecule has 0 aliphatic rings. The molecule has 1 rings (SSSR count). The fourth-order valence-electron chi connectivity index (χ4n) is 0.876. The zero-order chi connectivity index (χ0) is 11.6. The summed E-state index contributed by atoms with van der Waals surface area (Å²) in [5, 5.41) is 9.24. The first-order chi connectivity index (χ1) is 6.85. The van der Waals surface area contributed by atoms with Gasteiger partial charge in [0.1, 0.15) is 0 Å². The van der Waals surface area contributed by atoms with Gasteiger partial charge in [0.05, 0.1) is 21.5 Å². The predicted molar refractivity (Wildman–Crippen MR) is 61.2 cm³/mol. The molecule has 15 heavy (non-hydrogen) atoms. The maximum atomic E-state index is 11.2. The number of aromatic hydroxyl groups is 1. The van der Waals surface area contributed by atoms with E-state index in [9.17, 15) is 13.5 Å². The smallest absolute Gasteiger partial charge is 0.232 e. The van der Waals surface area contributed by atoms with Crippen LogP contribution in [0.25, 0.3) is 0 Å². The van der Waals surface area contributed by atoms with Crippen LogP contribution < -0.4 is 4.72 Å². The summed E-state index contributed by atoms with van der Waals surface area (Å²) in [5.41, 5.74) is 0.227. The van der Waals surface area contributed by atoms with Gasteiger partial charge in [-0.3, -0.25) is 4.72 Å². The number of sulfonamides is 1. The second kappa shape index (κ2) is 4.47. The molecule has 84 valence electrons. The highest BCUT2D eigenvalue weighted by Crippen LogP contribution is 2.34. The van der Waals surface area contributed by atoms with Crippen LogP contribution in [-0.4, -0.2) is 19.3 Å². The van der Waals surface area contributed by atoms with Gasteiger partial charge in [-0.25, -0.2) is 8.42 Å². The van der Waals surface area contributed by atoms with E-state index >= 15 is 0 Å². The van der Waals surface area contributed by atoms with E-state index in [4.69, 9.17) is 23.2 Å². The minimum Gasteiger partial charge on any atom is -0.505 e. The number of benzene rings is 1. The molecule has 0 saturated carbocycles. The summed E-state index contributed by atoms with van der Waals surface area (Å²) in [5.74, 6) is -0.318. The van der Waals surface area contributed by atoms with E-state index in [-0.39, 0.29) is 27.2 Å². The van der Waals surface area contributed by atoms with Crippen LogP contribution >= 0.6 is 23.2 Å². The van der Waals surface area contributed by atoms with E-state index in [2.05, 4.69) is 4.72 Å². The quantitative estimate of drug-likeness (QED) is 0.829. The number of nitrogens with one attached hydrogen (secondary N) is 1. The molecule has 1 aromatic carbocycles. The lowest BCUT2D eigenvalue weighted by molar-refractivity contribution is 0.476. The second-order valence-electron chi connectivity index (χ2n) is 2.79. The van der Waals surface area contributed by atoms with E-state index < -0.39 is 10.0 Å². The van der Waals surface area contributed by atoms with Gasteiger partial charge in [0.2, 0.25) is 10.0 Å². The van der Waals surface area contributed by atoms with Crippen LogP contribution in [0.15, 0.2) is 12.1 Å². The Balaban J connectivity index is 3.08. The van der Waals surface area contributed by atoms with Gasteiger partial charge in [-0.2, -0.15) is 0 Å². The summed E-state index contributed by atoms with van der Waals surface area (Å²) in [6.07, 6.45) is 0. The Hall–Kier alpha value is -0.650. The van der Waals surface area contributed by atoms with Crippen LogP contribution in [0.3, 0.4) is 0 Å². The predicted octanol–water partition coefficient (Wildman–Crippen LogP) is 2.46. The Kier molecular flexibility index (Phi) is 3.70. The Morgan fingerprint density at radius 3 is 2.20 bits per heavy atom. The molecule has 2 N–H and O–H groups in total. The zero-order valence-corrected chi connectivity index (χ0v) is 10.1. The highest BCUT2D eigenvalue weighted by molar-refractivity contribution is 7.92. The van der Waals surface area contributed by atoms with Crippen molar-refractivity contribution in [3.8, 4) is 5.75 Å². The molecule has 0 aliphatic carbocycles. The summed E-state index contributed by atoms with van der Waals surface area (Å²) >= 11 is 11.2. The van der Waals surface area contributed by atoms with E-state index in [1.807, 2.05) is 0 Å². The molecule has 0 saturated heterocycles. The molecule has 1 aromatic rings. The van der Waals surface area contributed by atoms with Crippen LogP contribution in [0, 0.1) is 0 Å². The van der Waals surface area contributed by atoms with E-state index in [0.717, 1.165) is 0 Å². The lowest BCUT2D eigenvalue weighted by Crippen LogP contribution is -2.14. The van der Waals surface area contributed by atoms with Gasteiger partial charge >= 0.3 is 0 Å². The average Bonchev–Trinajstić information content (AvgIpc) is 2.13. The van der Waals surface area contributed by atoms with Crippen molar-refractivity contribution in [3.63, 3.8) is 0 Å². The maximum absolute atomic E-state index is 11.2. The lowest BCUT2D eigenvalue weighted by atomic mass is 10.3. The van der Waals surface area contributed by atoms with Crippen LogP contribution in [0.2, 0.25) is 10.0 Å². The van der Waals surface area contributed by atoms with Gasteiger partial charge in [-0.1, -0.05) is 23.2 Å². The summed E-state index contributed by atoms with van der Waals surface area (Å²) in [4.78, 5) is 0. The Labute approximate surface area is 97.9 Å². The van der Waals surface area contributed by atoms with Crippen molar-refractivity contribution in [1.29, 1.82) is 0 Å². The molecule has 7 heteroatoms. The van der Waals surface area contributed by atoms with Gasteiger partial charge in [0.25, 0.3) is 0 Å². The van der Waals surface area contributed by atoms with Crippen molar-refractivity contribution in [2.24, 2.45) is 0 Å². The minimum atomic E-state index is -3.37. The maximum Gasteiger partial charge on any atom is 0.232 e. The van der Waals surface area contributed by atoms with Crippen LogP contribution in [0.5, 0.6) is 5.75 Å². The third kappa shape index (κ3) is 3.15. The highest BCUT2D eigenvalue weighted by Gasteiger charge is 2.11. The molecule has 4 nitrogen and oxygen atoms in total. The van der Waals surface area contributed by atoms with Crippen molar-refractivity contribution in [2.75, 3.05) is 10.5 Å². The van der Waals surface area contributed by atoms with E-state index in [1.54, 1.807) is 0 Å². The molecule has 0 atom stereocenters. The largest absolute Gasteiger partial charge is 0.505 e. The number of halogens is 2. The topological polar surface area (TPSA) is 66.4 Å². The number of phenols is 1. The summed E-state index contributed by atoms with van der Waals surface area (Å²) in [6.45, 7) is 1.51. The number of hydrogen-bond acceptors (Lipinski definition) is 3. The standard InChI is InChI=1S/C8H9Cl2NO3S/c1-2-15(13,14)11-5-3-6(9)8(12)7(10)4-5/h3-4,11-12H,2H2,1H3. The number of rotatable bonds is 3. The van der Waals surface area contributed by atoms with Gasteiger partial charge in [-0.15, -0.1) is 0 Å². The fraction of sp³-hybridized carbons (Fsp3) is 0.250. The van der Waals surface area contributed by atoms with Crippen LogP contribution in [0.1, 0.15) is 6.92 Å². The van der Waals surface area contributed by atoms with E-state index in [1.165, 1.54) is 19.1 Å². The highest BCUT2D eigenvalue weighted by atomic mass is 35.5. The first-order valence-corrected chi connectivity index (χ1v) is 6.45. The summed E-state index contributed by atoms with van der Waals surface area (Å²) in [6, 6.07) is 2.58. The van der Waals surface area contributed by atoms with Crippen molar-refractivity contribution >= 4 is 38.9 Å². The van der Waals surface area contributed by atoms with Crippen molar-refractivity contribution < 1.29 is 13.5 Å². The normalized spacial score (nSPS) is 11.4. The van der Waals surface area contributed by atoms with Crippen molar-refractivity contribution in [1.82, 2.24) is 0 Å². The van der Waals surface area contributed by atoms with Crippen LogP contribution in [-0.2, 0) is 10.0 Å². The SMILES string of the molecule is CCS(=O)(=O)Nc1cc(Cl)c(O)c(Cl)c1. The van der Waals surface area contributed by atoms with Crippen molar-refractivity contribution in [3.05, 3.63) is 22.2 Å². The molecule has 0 heterocycles. The molecular weight excluding hydrogens is 261 g/mol. The lowest BCUT2D eigenvalue weighted by Gasteiger charge is -2.08. The third-order valence-corrected chi connectivity index (χ3v) is 3.55. The summed E-state index contributed by atoms with van der Waals surface area (Å²) < 4.78 is 24.7. The molecule has 0 spiro atoms. The van der Waals surface area contributed by atoms with Gasteiger partial charge in [0, 0.05) is 0 Å². The monoisotopic (exact) mass is 269 g/mol. The number of hydrogen-bond donors (Lipinski definition) is 2. The van der Waals surface area contributed by atoms with Gasteiger partial charge in [-0.05, 0) is 19.1 Å². The van der Waals surface area contributed by atoms with Gasteiger partial charge in [0.15, 0.2) is 5.75 Å². The molecule has 0 aromatic heterocycles. The van der Waals surface area contributed by atoms with Crippen molar-refractivity contribution in [2.45, 2.75) is 6.92 Å². The molecule has 0 unspecified atom stereocenters. The first-order valence-electron chi connectivity index (χ1n) is 4.04. The number of phenolic OH excluding ortho intramolecular Hbond substituents is 1. The van der Waals surface area contributed by atoms with Gasteiger partial charge < -0.3 is 5.11 Å². The third-order valence-electron chi connectivity index (χ3n) is 1.67. The van der Waals surface area contributed by atoms with E-state index in [0.29, 0.717) is 0 Å².